The monoisotopic (exact) mass is 169 g/mol. The molecule has 1 rings (SSSR count). The second-order valence-electron chi connectivity index (χ2n) is 2.20. The van der Waals surface area contributed by atoms with Crippen LogP contribution < -0.4 is 5.43 Å². The first-order valence-corrected chi connectivity index (χ1v) is 3.04. The maximum Gasteiger partial charge on any atom is 0.524 e. The first kappa shape index (κ1) is 8.76. The minimum atomic E-state index is -4.56. The van der Waals surface area contributed by atoms with E-state index in [4.69, 9.17) is 0 Å². The fourth-order valence-electron chi connectivity index (χ4n) is 0.820. The number of hydrazine groups is 1. The van der Waals surface area contributed by atoms with E-state index in [2.05, 4.69) is 10.2 Å². The minimum Gasteiger partial charge on any atom is -0.272 e. The number of nitrogens with one attached hydrogen (secondary N) is 1. The summed E-state index contributed by atoms with van der Waals surface area (Å²) in [5.74, 6) is 0. The molecule has 0 aromatic heterocycles. The summed E-state index contributed by atoms with van der Waals surface area (Å²) in [6.45, 7) is 1.51. The van der Waals surface area contributed by atoms with Gasteiger partial charge < -0.3 is 0 Å². The Morgan fingerprint density at radius 2 is 2.27 bits per heavy atom. The van der Waals surface area contributed by atoms with Gasteiger partial charge in [0.25, 0.3) is 0 Å². The first-order valence-electron chi connectivity index (χ1n) is 3.04. The van der Waals surface area contributed by atoms with Crippen molar-refractivity contribution in [3.05, 3.63) is 6.54 Å². The van der Waals surface area contributed by atoms with Crippen molar-refractivity contribution in [2.24, 2.45) is 0 Å². The standard InChI is InChI=1S/C5H8F3N2O/c1-10-4(2-3-9-10)11-5(6,7)8/h3-4,9H,2H2,1H3. The summed E-state index contributed by atoms with van der Waals surface area (Å²) >= 11 is 0. The Balaban J connectivity index is 2.37. The predicted molar refractivity (Wildman–Crippen MR) is 30.7 cm³/mol. The molecule has 1 atom stereocenters. The molecule has 0 saturated carbocycles. The average molecular weight is 169 g/mol. The highest BCUT2D eigenvalue weighted by atomic mass is 19.4. The highest BCUT2D eigenvalue weighted by Crippen LogP contribution is 2.23. The summed E-state index contributed by atoms with van der Waals surface area (Å²) in [6, 6.07) is 0. The maximum absolute atomic E-state index is 11.6. The van der Waals surface area contributed by atoms with Crippen molar-refractivity contribution in [2.75, 3.05) is 7.05 Å². The van der Waals surface area contributed by atoms with E-state index in [1.807, 2.05) is 0 Å². The summed E-state index contributed by atoms with van der Waals surface area (Å²) in [5, 5.41) is 1.26. The van der Waals surface area contributed by atoms with Crippen LogP contribution in [0.2, 0.25) is 0 Å². The Morgan fingerprint density at radius 1 is 1.64 bits per heavy atom. The molecule has 1 N–H and O–H groups in total. The molecular weight excluding hydrogens is 161 g/mol. The number of nitrogens with zero attached hydrogens (tertiary/aromatic N) is 1. The largest absolute Gasteiger partial charge is 0.524 e. The molecule has 0 aliphatic carbocycles. The van der Waals surface area contributed by atoms with Crippen LogP contribution in [0.3, 0.4) is 0 Å². The van der Waals surface area contributed by atoms with Gasteiger partial charge in [-0.25, -0.2) is 10.4 Å². The zero-order valence-corrected chi connectivity index (χ0v) is 5.85. The second kappa shape index (κ2) is 2.96. The van der Waals surface area contributed by atoms with Gasteiger partial charge in [0, 0.05) is 20.0 Å². The van der Waals surface area contributed by atoms with Crippen molar-refractivity contribution in [3.8, 4) is 0 Å². The van der Waals surface area contributed by atoms with E-state index in [-0.39, 0.29) is 6.42 Å². The molecule has 0 aromatic carbocycles. The molecule has 0 aromatic rings. The molecule has 1 aliphatic heterocycles. The summed E-state index contributed by atoms with van der Waals surface area (Å²) in [6.07, 6.45) is -5.26. The van der Waals surface area contributed by atoms with Crippen LogP contribution in [0.5, 0.6) is 0 Å². The van der Waals surface area contributed by atoms with Crippen LogP contribution in [0.1, 0.15) is 6.42 Å². The van der Waals surface area contributed by atoms with Crippen molar-refractivity contribution in [1.29, 1.82) is 0 Å². The smallest absolute Gasteiger partial charge is 0.272 e. The van der Waals surface area contributed by atoms with Crippen LogP contribution in [-0.2, 0) is 4.74 Å². The molecule has 65 valence electrons. The number of rotatable bonds is 1. The van der Waals surface area contributed by atoms with Crippen LogP contribution >= 0.6 is 0 Å². The highest BCUT2D eigenvalue weighted by molar-refractivity contribution is 4.74. The maximum atomic E-state index is 11.6. The van der Waals surface area contributed by atoms with Gasteiger partial charge in [0.1, 0.15) is 6.23 Å². The molecule has 0 spiro atoms. The van der Waals surface area contributed by atoms with E-state index in [0.717, 1.165) is 0 Å². The molecule has 0 bridgehead atoms. The normalized spacial score (nSPS) is 27.8. The lowest BCUT2D eigenvalue weighted by atomic mass is 10.4. The van der Waals surface area contributed by atoms with Crippen LogP contribution in [0.25, 0.3) is 0 Å². The number of ether oxygens (including phenoxy) is 1. The molecule has 0 amide bonds. The summed E-state index contributed by atoms with van der Waals surface area (Å²) in [5.41, 5.74) is 2.58. The molecule has 3 nitrogen and oxygen atoms in total. The van der Waals surface area contributed by atoms with Crippen molar-refractivity contribution >= 4 is 0 Å². The zero-order valence-electron chi connectivity index (χ0n) is 5.85. The fraction of sp³-hybridized carbons (Fsp3) is 0.800. The van der Waals surface area contributed by atoms with E-state index in [9.17, 15) is 13.2 Å². The highest BCUT2D eigenvalue weighted by Gasteiger charge is 2.36. The van der Waals surface area contributed by atoms with Gasteiger partial charge >= 0.3 is 6.36 Å². The van der Waals surface area contributed by atoms with E-state index in [1.165, 1.54) is 18.6 Å². The van der Waals surface area contributed by atoms with Gasteiger partial charge in [-0.05, 0) is 0 Å². The van der Waals surface area contributed by atoms with E-state index in [1.54, 1.807) is 0 Å². The number of hydrogen-bond acceptors (Lipinski definition) is 3. The average Bonchev–Trinajstić information content (AvgIpc) is 2.12. The number of halogens is 3. The summed E-state index contributed by atoms with van der Waals surface area (Å²) in [4.78, 5) is 0. The fourth-order valence-corrected chi connectivity index (χ4v) is 0.820. The van der Waals surface area contributed by atoms with Gasteiger partial charge in [-0.15, -0.1) is 13.2 Å². The van der Waals surface area contributed by atoms with Crippen molar-refractivity contribution < 1.29 is 17.9 Å². The van der Waals surface area contributed by atoms with Crippen LogP contribution in [0, 0.1) is 6.54 Å². The lowest BCUT2D eigenvalue weighted by Gasteiger charge is -2.20. The van der Waals surface area contributed by atoms with Crippen LogP contribution in [-0.4, -0.2) is 24.6 Å². The van der Waals surface area contributed by atoms with E-state index in [0.29, 0.717) is 0 Å². The predicted octanol–water partition coefficient (Wildman–Crippen LogP) is 0.851. The summed E-state index contributed by atoms with van der Waals surface area (Å²) in [7, 11) is 1.49. The van der Waals surface area contributed by atoms with Gasteiger partial charge in [0.2, 0.25) is 0 Å². The SMILES string of the molecule is CN1N[CH]CC1OC(F)(F)F. The van der Waals surface area contributed by atoms with Crippen molar-refractivity contribution in [2.45, 2.75) is 19.0 Å². The van der Waals surface area contributed by atoms with E-state index < -0.39 is 12.6 Å². The number of alkyl halides is 3. The molecular formula is C5H8F3N2O. The third-order valence-electron chi connectivity index (χ3n) is 1.32. The first-order chi connectivity index (χ1) is 4.99. The molecule has 1 fully saturated rings. The Labute approximate surface area is 62.1 Å². The van der Waals surface area contributed by atoms with Gasteiger partial charge in [0.15, 0.2) is 0 Å². The molecule has 1 heterocycles. The van der Waals surface area contributed by atoms with Crippen LogP contribution in [0.15, 0.2) is 0 Å². The molecule has 1 aliphatic rings. The second-order valence-corrected chi connectivity index (χ2v) is 2.20. The Kier molecular flexibility index (Phi) is 2.36. The van der Waals surface area contributed by atoms with Crippen molar-refractivity contribution in [1.82, 2.24) is 10.4 Å². The van der Waals surface area contributed by atoms with Crippen LogP contribution in [0.4, 0.5) is 13.2 Å². The van der Waals surface area contributed by atoms with E-state index >= 15 is 0 Å². The lowest BCUT2D eigenvalue weighted by Crippen LogP contribution is -2.37. The minimum absolute atomic E-state index is 0.232. The number of hydrogen-bond donors (Lipinski definition) is 1. The third kappa shape index (κ3) is 2.64. The summed E-state index contributed by atoms with van der Waals surface area (Å²) < 4.78 is 38.5. The Morgan fingerprint density at radius 3 is 2.64 bits per heavy atom. The molecule has 1 radical (unpaired) electrons. The zero-order chi connectivity index (χ0) is 8.48. The third-order valence-corrected chi connectivity index (χ3v) is 1.32. The molecule has 1 saturated heterocycles. The van der Waals surface area contributed by atoms with Gasteiger partial charge in [-0.2, -0.15) is 0 Å². The lowest BCUT2D eigenvalue weighted by molar-refractivity contribution is -0.356. The Hall–Kier alpha value is -0.330. The molecule has 6 heteroatoms. The quantitative estimate of drug-likeness (QED) is 0.629. The topological polar surface area (TPSA) is 24.5 Å². The Bertz CT molecular complexity index is 138. The van der Waals surface area contributed by atoms with Gasteiger partial charge in [0.05, 0.1) is 0 Å². The van der Waals surface area contributed by atoms with Crippen molar-refractivity contribution in [3.63, 3.8) is 0 Å². The molecule has 1 unspecified atom stereocenters. The van der Waals surface area contributed by atoms with Gasteiger partial charge in [-0.1, -0.05) is 0 Å². The van der Waals surface area contributed by atoms with Gasteiger partial charge in [-0.3, -0.25) is 4.74 Å². The molecule has 11 heavy (non-hydrogen) atoms.